The Morgan fingerprint density at radius 2 is 1.96 bits per heavy atom. The lowest BCUT2D eigenvalue weighted by molar-refractivity contribution is -0.137. The SMILES string of the molecule is COc1ccccc1CNC(=O)[C@@H]1Oc2ccccc2NC1=O. The number of hydrogen-bond donors (Lipinski definition) is 2. The first-order valence-electron chi connectivity index (χ1n) is 7.15. The number of hydrogen-bond acceptors (Lipinski definition) is 4. The van der Waals surface area contributed by atoms with Crippen molar-refractivity contribution in [3.63, 3.8) is 0 Å². The van der Waals surface area contributed by atoms with E-state index in [1.807, 2.05) is 24.3 Å². The van der Waals surface area contributed by atoms with Crippen LogP contribution in [-0.2, 0) is 16.1 Å². The molecule has 2 aromatic carbocycles. The quantitative estimate of drug-likeness (QED) is 0.843. The average molecular weight is 312 g/mol. The van der Waals surface area contributed by atoms with E-state index in [0.717, 1.165) is 5.56 Å². The van der Waals surface area contributed by atoms with Crippen LogP contribution >= 0.6 is 0 Å². The van der Waals surface area contributed by atoms with Crippen molar-refractivity contribution in [3.05, 3.63) is 54.1 Å². The van der Waals surface area contributed by atoms with Gasteiger partial charge in [-0.3, -0.25) is 9.59 Å². The highest BCUT2D eigenvalue weighted by atomic mass is 16.5. The second kappa shape index (κ2) is 6.39. The minimum absolute atomic E-state index is 0.248. The fourth-order valence-corrected chi connectivity index (χ4v) is 2.35. The Labute approximate surface area is 133 Å². The Balaban J connectivity index is 1.68. The van der Waals surface area contributed by atoms with Crippen molar-refractivity contribution in [2.75, 3.05) is 12.4 Å². The van der Waals surface area contributed by atoms with Crippen molar-refractivity contribution in [1.82, 2.24) is 5.32 Å². The van der Waals surface area contributed by atoms with Gasteiger partial charge in [-0.15, -0.1) is 0 Å². The Morgan fingerprint density at radius 1 is 1.22 bits per heavy atom. The molecule has 3 rings (SSSR count). The molecule has 0 spiro atoms. The van der Waals surface area contributed by atoms with Crippen LogP contribution in [0.2, 0.25) is 0 Å². The molecule has 23 heavy (non-hydrogen) atoms. The van der Waals surface area contributed by atoms with Crippen LogP contribution in [0.4, 0.5) is 5.69 Å². The van der Waals surface area contributed by atoms with E-state index in [-0.39, 0.29) is 6.54 Å². The average Bonchev–Trinajstić information content (AvgIpc) is 2.59. The minimum atomic E-state index is -1.21. The van der Waals surface area contributed by atoms with E-state index in [9.17, 15) is 9.59 Å². The maximum absolute atomic E-state index is 12.3. The van der Waals surface area contributed by atoms with Crippen LogP contribution in [0.1, 0.15) is 5.56 Å². The molecular formula is C17H16N2O4. The number of benzene rings is 2. The molecule has 0 saturated carbocycles. The number of carbonyl (C=O) groups excluding carboxylic acids is 2. The maximum atomic E-state index is 12.3. The first-order valence-corrected chi connectivity index (χ1v) is 7.15. The molecule has 1 atom stereocenters. The van der Waals surface area contributed by atoms with Gasteiger partial charge in [0, 0.05) is 12.1 Å². The Bertz CT molecular complexity index is 745. The van der Waals surface area contributed by atoms with Crippen LogP contribution in [0.5, 0.6) is 11.5 Å². The van der Waals surface area contributed by atoms with Crippen molar-refractivity contribution in [3.8, 4) is 11.5 Å². The van der Waals surface area contributed by atoms with Crippen LogP contribution in [-0.4, -0.2) is 25.0 Å². The second-order valence-corrected chi connectivity index (χ2v) is 5.01. The summed E-state index contributed by atoms with van der Waals surface area (Å²) < 4.78 is 10.7. The van der Waals surface area contributed by atoms with Gasteiger partial charge in [-0.1, -0.05) is 30.3 Å². The summed E-state index contributed by atoms with van der Waals surface area (Å²) in [6.45, 7) is 0.248. The number of anilines is 1. The van der Waals surface area contributed by atoms with E-state index in [1.54, 1.807) is 31.4 Å². The molecule has 1 heterocycles. The van der Waals surface area contributed by atoms with Crippen LogP contribution < -0.4 is 20.1 Å². The summed E-state index contributed by atoms with van der Waals surface area (Å²) >= 11 is 0. The largest absolute Gasteiger partial charge is 0.496 e. The van der Waals surface area contributed by atoms with Gasteiger partial charge in [0.05, 0.1) is 12.8 Å². The summed E-state index contributed by atoms with van der Waals surface area (Å²) in [5, 5.41) is 5.36. The fourth-order valence-electron chi connectivity index (χ4n) is 2.35. The van der Waals surface area contributed by atoms with Crippen molar-refractivity contribution in [2.45, 2.75) is 12.6 Å². The first-order chi connectivity index (χ1) is 11.2. The van der Waals surface area contributed by atoms with E-state index in [0.29, 0.717) is 17.2 Å². The molecule has 1 aliphatic heterocycles. The molecule has 0 radical (unpaired) electrons. The van der Waals surface area contributed by atoms with Crippen molar-refractivity contribution >= 4 is 17.5 Å². The zero-order valence-electron chi connectivity index (χ0n) is 12.5. The summed E-state index contributed by atoms with van der Waals surface area (Å²) in [7, 11) is 1.56. The molecule has 6 nitrogen and oxygen atoms in total. The third kappa shape index (κ3) is 3.11. The van der Waals surface area contributed by atoms with Gasteiger partial charge in [0.1, 0.15) is 11.5 Å². The number of amides is 2. The monoisotopic (exact) mass is 312 g/mol. The number of ether oxygens (including phenoxy) is 2. The van der Waals surface area contributed by atoms with Gasteiger partial charge in [-0.05, 0) is 18.2 Å². The van der Waals surface area contributed by atoms with Crippen LogP contribution in [0.25, 0.3) is 0 Å². The normalized spacial score (nSPS) is 15.9. The fraction of sp³-hybridized carbons (Fsp3) is 0.176. The van der Waals surface area contributed by atoms with Crippen LogP contribution in [0.3, 0.4) is 0 Å². The summed E-state index contributed by atoms with van der Waals surface area (Å²) in [5.41, 5.74) is 1.38. The molecule has 0 unspecified atom stereocenters. The number of para-hydroxylation sites is 3. The van der Waals surface area contributed by atoms with Gasteiger partial charge in [0.2, 0.25) is 0 Å². The van der Waals surface area contributed by atoms with Crippen LogP contribution in [0, 0.1) is 0 Å². The van der Waals surface area contributed by atoms with Gasteiger partial charge in [0.15, 0.2) is 0 Å². The molecule has 2 N–H and O–H groups in total. The Morgan fingerprint density at radius 3 is 2.78 bits per heavy atom. The van der Waals surface area contributed by atoms with Gasteiger partial charge in [-0.25, -0.2) is 0 Å². The molecule has 2 aromatic rings. The summed E-state index contributed by atoms with van der Waals surface area (Å²) in [5.74, 6) is 0.167. The number of nitrogens with one attached hydrogen (secondary N) is 2. The molecule has 2 amide bonds. The zero-order chi connectivity index (χ0) is 16.2. The van der Waals surface area contributed by atoms with Crippen molar-refractivity contribution in [2.24, 2.45) is 0 Å². The lowest BCUT2D eigenvalue weighted by Gasteiger charge is -2.25. The predicted molar refractivity (Wildman–Crippen MR) is 84.3 cm³/mol. The third-order valence-electron chi connectivity index (χ3n) is 3.51. The summed E-state index contributed by atoms with van der Waals surface area (Å²) in [4.78, 5) is 24.3. The highest BCUT2D eigenvalue weighted by molar-refractivity contribution is 6.11. The number of rotatable bonds is 4. The lowest BCUT2D eigenvalue weighted by Crippen LogP contribution is -2.48. The Kier molecular flexibility index (Phi) is 4.14. The highest BCUT2D eigenvalue weighted by Gasteiger charge is 2.33. The van der Waals surface area contributed by atoms with E-state index < -0.39 is 17.9 Å². The van der Waals surface area contributed by atoms with E-state index in [4.69, 9.17) is 9.47 Å². The number of methoxy groups -OCH3 is 1. The van der Waals surface area contributed by atoms with E-state index in [1.165, 1.54) is 0 Å². The second-order valence-electron chi connectivity index (χ2n) is 5.01. The maximum Gasteiger partial charge on any atom is 0.275 e. The van der Waals surface area contributed by atoms with E-state index >= 15 is 0 Å². The summed E-state index contributed by atoms with van der Waals surface area (Å²) in [6, 6.07) is 14.3. The van der Waals surface area contributed by atoms with Gasteiger partial charge < -0.3 is 20.1 Å². The number of fused-ring (bicyclic) bond motifs is 1. The van der Waals surface area contributed by atoms with Gasteiger partial charge in [-0.2, -0.15) is 0 Å². The molecule has 0 aliphatic carbocycles. The highest BCUT2D eigenvalue weighted by Crippen LogP contribution is 2.28. The third-order valence-corrected chi connectivity index (χ3v) is 3.51. The smallest absolute Gasteiger partial charge is 0.275 e. The summed E-state index contributed by atoms with van der Waals surface area (Å²) in [6.07, 6.45) is -1.21. The van der Waals surface area contributed by atoms with E-state index in [2.05, 4.69) is 10.6 Å². The molecule has 0 saturated heterocycles. The van der Waals surface area contributed by atoms with Gasteiger partial charge >= 0.3 is 0 Å². The first kappa shape index (κ1) is 14.9. The van der Waals surface area contributed by atoms with Crippen molar-refractivity contribution < 1.29 is 19.1 Å². The molecule has 6 heteroatoms. The zero-order valence-corrected chi connectivity index (χ0v) is 12.5. The standard InChI is InChI=1S/C17H16N2O4/c1-22-13-8-4-2-6-11(13)10-18-16(20)15-17(21)19-12-7-3-5-9-14(12)23-15/h2-9,15H,10H2,1H3,(H,18,20)(H,19,21)/t15-/m0/s1. The molecule has 118 valence electrons. The number of carbonyl (C=O) groups is 2. The lowest BCUT2D eigenvalue weighted by atomic mass is 10.2. The minimum Gasteiger partial charge on any atom is -0.496 e. The van der Waals surface area contributed by atoms with Gasteiger partial charge in [0.25, 0.3) is 17.9 Å². The molecule has 0 aromatic heterocycles. The molecule has 0 bridgehead atoms. The molecule has 1 aliphatic rings. The van der Waals surface area contributed by atoms with Crippen molar-refractivity contribution in [1.29, 1.82) is 0 Å². The predicted octanol–water partition coefficient (Wildman–Crippen LogP) is 1.71. The molecule has 0 fully saturated rings. The molecular weight excluding hydrogens is 296 g/mol. The van der Waals surface area contributed by atoms with Crippen LogP contribution in [0.15, 0.2) is 48.5 Å². The topological polar surface area (TPSA) is 76.7 Å². The Hall–Kier alpha value is -3.02.